The molecule has 3 aromatic rings. The third-order valence-corrected chi connectivity index (χ3v) is 4.95. The highest BCUT2D eigenvalue weighted by molar-refractivity contribution is 8.00. The Labute approximate surface area is 173 Å². The molecule has 3 aromatic carbocycles. The second kappa shape index (κ2) is 10.2. The molecule has 0 heterocycles. The zero-order valence-electron chi connectivity index (χ0n) is 15.5. The normalized spacial score (nSPS) is 10.2. The first-order valence-electron chi connectivity index (χ1n) is 8.95. The number of carbonyl (C=O) groups excluding carboxylic acids is 3. The highest BCUT2D eigenvalue weighted by Gasteiger charge is 2.11. The second-order valence-electron chi connectivity index (χ2n) is 6.08. The van der Waals surface area contributed by atoms with Gasteiger partial charge in [-0.15, -0.1) is 11.8 Å². The quantitative estimate of drug-likeness (QED) is 0.340. The van der Waals surface area contributed by atoms with Crippen molar-refractivity contribution in [1.29, 1.82) is 0 Å². The minimum absolute atomic E-state index is 0.141. The summed E-state index contributed by atoms with van der Waals surface area (Å²) in [5.41, 5.74) is 1.53. The van der Waals surface area contributed by atoms with Gasteiger partial charge in [-0.05, 0) is 48.5 Å². The summed E-state index contributed by atoms with van der Waals surface area (Å²) in [6, 6.07) is 24.8. The molecule has 0 saturated carbocycles. The van der Waals surface area contributed by atoms with Crippen LogP contribution >= 0.6 is 11.8 Å². The summed E-state index contributed by atoms with van der Waals surface area (Å²) < 4.78 is 5.05. The number of rotatable bonds is 8. The second-order valence-corrected chi connectivity index (χ2v) is 7.13. The van der Waals surface area contributed by atoms with E-state index in [4.69, 9.17) is 4.74 Å². The van der Waals surface area contributed by atoms with E-state index in [0.29, 0.717) is 16.8 Å². The molecule has 3 rings (SSSR count). The van der Waals surface area contributed by atoms with Crippen molar-refractivity contribution in [3.63, 3.8) is 0 Å². The van der Waals surface area contributed by atoms with Crippen molar-refractivity contribution in [1.82, 2.24) is 0 Å². The summed E-state index contributed by atoms with van der Waals surface area (Å²) in [7, 11) is 0. The Morgan fingerprint density at radius 1 is 0.759 bits per heavy atom. The average molecular weight is 405 g/mol. The maximum absolute atomic E-state index is 12.2. The van der Waals surface area contributed by atoms with Crippen LogP contribution in [0.3, 0.4) is 0 Å². The van der Waals surface area contributed by atoms with Gasteiger partial charge in [0.2, 0.25) is 0 Å². The predicted molar refractivity (Wildman–Crippen MR) is 113 cm³/mol. The lowest BCUT2D eigenvalue weighted by Crippen LogP contribution is -2.16. The Morgan fingerprint density at radius 2 is 1.38 bits per heavy atom. The van der Waals surface area contributed by atoms with Crippen molar-refractivity contribution in [3.8, 4) is 0 Å². The summed E-state index contributed by atoms with van der Waals surface area (Å²) in [6.07, 6.45) is 0. The predicted octanol–water partition coefficient (Wildman–Crippen LogP) is 4.46. The van der Waals surface area contributed by atoms with Crippen LogP contribution in [-0.2, 0) is 9.53 Å². The summed E-state index contributed by atoms with van der Waals surface area (Å²) in [5, 5.41) is 2.77. The standard InChI is InChI=1S/C23H19NO4S/c25-21(15-28-22(26)16-29-20-9-5-2-6-10-20)17-11-13-19(14-12-17)24-23(27)18-7-3-1-4-8-18/h1-14H,15-16H2,(H,24,27). The molecule has 0 aromatic heterocycles. The van der Waals surface area contributed by atoms with E-state index in [1.807, 2.05) is 36.4 Å². The largest absolute Gasteiger partial charge is 0.457 e. The minimum atomic E-state index is -0.445. The van der Waals surface area contributed by atoms with Crippen molar-refractivity contribution in [3.05, 3.63) is 96.1 Å². The van der Waals surface area contributed by atoms with Gasteiger partial charge in [-0.3, -0.25) is 14.4 Å². The zero-order chi connectivity index (χ0) is 20.5. The summed E-state index contributed by atoms with van der Waals surface area (Å²) >= 11 is 1.36. The van der Waals surface area contributed by atoms with Crippen molar-refractivity contribution >= 4 is 35.1 Å². The molecule has 29 heavy (non-hydrogen) atoms. The fraction of sp³-hybridized carbons (Fsp3) is 0.0870. The molecule has 0 fully saturated rings. The third-order valence-electron chi connectivity index (χ3n) is 3.96. The van der Waals surface area contributed by atoms with Gasteiger partial charge in [0, 0.05) is 21.7 Å². The molecule has 0 unspecified atom stereocenters. The Balaban J connectivity index is 1.46. The number of hydrogen-bond donors (Lipinski definition) is 1. The molecule has 0 aliphatic heterocycles. The van der Waals surface area contributed by atoms with Gasteiger partial charge in [0.1, 0.15) is 0 Å². The number of ketones is 1. The van der Waals surface area contributed by atoms with E-state index in [1.165, 1.54) is 11.8 Å². The van der Waals surface area contributed by atoms with Crippen molar-refractivity contribution in [2.45, 2.75) is 4.90 Å². The molecule has 5 nitrogen and oxygen atoms in total. The van der Waals surface area contributed by atoms with Crippen molar-refractivity contribution in [2.75, 3.05) is 17.7 Å². The molecule has 146 valence electrons. The van der Waals surface area contributed by atoms with E-state index in [1.54, 1.807) is 48.5 Å². The summed E-state index contributed by atoms with van der Waals surface area (Å²) in [6.45, 7) is -0.316. The Kier molecular flexibility index (Phi) is 7.19. The van der Waals surface area contributed by atoms with E-state index in [9.17, 15) is 14.4 Å². The molecule has 0 saturated heterocycles. The van der Waals surface area contributed by atoms with Crippen LogP contribution in [0, 0.1) is 0 Å². The number of Topliss-reactive ketones (excluding diaryl/α,β-unsaturated/α-hetero) is 1. The minimum Gasteiger partial charge on any atom is -0.457 e. The van der Waals surface area contributed by atoms with Gasteiger partial charge in [0.15, 0.2) is 12.4 Å². The van der Waals surface area contributed by atoms with E-state index in [2.05, 4.69) is 5.32 Å². The van der Waals surface area contributed by atoms with E-state index in [-0.39, 0.29) is 24.1 Å². The lowest BCUT2D eigenvalue weighted by molar-refractivity contribution is -0.139. The number of ether oxygens (including phenoxy) is 1. The van der Waals surface area contributed by atoms with Crippen LogP contribution in [0.4, 0.5) is 5.69 Å². The maximum Gasteiger partial charge on any atom is 0.316 e. The molecule has 0 bridgehead atoms. The van der Waals surface area contributed by atoms with Gasteiger partial charge in [-0.2, -0.15) is 0 Å². The number of hydrogen-bond acceptors (Lipinski definition) is 5. The number of amides is 1. The van der Waals surface area contributed by atoms with Gasteiger partial charge >= 0.3 is 5.97 Å². The van der Waals surface area contributed by atoms with Crippen molar-refractivity contribution < 1.29 is 19.1 Å². The smallest absolute Gasteiger partial charge is 0.316 e. The molecule has 1 amide bonds. The SMILES string of the molecule is O=C(CSc1ccccc1)OCC(=O)c1ccc(NC(=O)c2ccccc2)cc1. The Bertz CT molecular complexity index is 973. The van der Waals surface area contributed by atoms with Crippen LogP contribution < -0.4 is 5.32 Å². The molecule has 0 spiro atoms. The molecule has 6 heteroatoms. The number of anilines is 1. The molecule has 0 aliphatic carbocycles. The lowest BCUT2D eigenvalue weighted by Gasteiger charge is -2.07. The molecular formula is C23H19NO4S. The van der Waals surface area contributed by atoms with Gasteiger partial charge in [-0.1, -0.05) is 36.4 Å². The molecule has 1 N–H and O–H groups in total. The number of benzene rings is 3. The van der Waals surface area contributed by atoms with Crippen LogP contribution in [0.2, 0.25) is 0 Å². The van der Waals surface area contributed by atoms with Crippen LogP contribution in [0.5, 0.6) is 0 Å². The summed E-state index contributed by atoms with van der Waals surface area (Å²) in [4.78, 5) is 37.1. The highest BCUT2D eigenvalue weighted by atomic mass is 32.2. The van der Waals surface area contributed by atoms with Crippen LogP contribution in [0.1, 0.15) is 20.7 Å². The number of nitrogens with one attached hydrogen (secondary N) is 1. The monoisotopic (exact) mass is 405 g/mol. The van der Waals surface area contributed by atoms with Gasteiger partial charge in [-0.25, -0.2) is 0 Å². The number of thioether (sulfide) groups is 1. The lowest BCUT2D eigenvalue weighted by atomic mass is 10.1. The van der Waals surface area contributed by atoms with Gasteiger partial charge in [0.25, 0.3) is 5.91 Å². The highest BCUT2D eigenvalue weighted by Crippen LogP contribution is 2.17. The number of esters is 1. The number of carbonyl (C=O) groups is 3. The fourth-order valence-corrected chi connectivity index (χ4v) is 3.18. The van der Waals surface area contributed by atoms with E-state index >= 15 is 0 Å². The van der Waals surface area contributed by atoms with Gasteiger partial charge in [0.05, 0.1) is 5.75 Å². The van der Waals surface area contributed by atoms with Crippen LogP contribution in [0.15, 0.2) is 89.8 Å². The zero-order valence-corrected chi connectivity index (χ0v) is 16.4. The van der Waals surface area contributed by atoms with E-state index < -0.39 is 5.97 Å². The molecule has 0 aliphatic rings. The Hall–Kier alpha value is -3.38. The van der Waals surface area contributed by atoms with Gasteiger partial charge < -0.3 is 10.1 Å². The summed E-state index contributed by atoms with van der Waals surface area (Å²) in [5.74, 6) is -0.834. The van der Waals surface area contributed by atoms with Crippen LogP contribution in [-0.4, -0.2) is 30.0 Å². The maximum atomic E-state index is 12.2. The molecular weight excluding hydrogens is 386 g/mol. The Morgan fingerprint density at radius 3 is 2.03 bits per heavy atom. The third kappa shape index (κ3) is 6.33. The first-order valence-corrected chi connectivity index (χ1v) is 9.93. The first kappa shape index (κ1) is 20.4. The van der Waals surface area contributed by atoms with Crippen LogP contribution in [0.25, 0.3) is 0 Å². The molecule has 0 radical (unpaired) electrons. The average Bonchev–Trinajstić information content (AvgIpc) is 2.78. The van der Waals surface area contributed by atoms with E-state index in [0.717, 1.165) is 4.90 Å². The topological polar surface area (TPSA) is 72.5 Å². The van der Waals surface area contributed by atoms with Crippen molar-refractivity contribution in [2.24, 2.45) is 0 Å². The fourth-order valence-electron chi connectivity index (χ4n) is 2.46. The molecule has 0 atom stereocenters. The first-order chi connectivity index (χ1) is 14.1.